The number of amides is 1. The molecule has 0 spiro atoms. The molecule has 1 amide bonds. The standard InChI is InChI=1S/C23H17BrFN3OS2/c24-17-8-11-20-21(14-17)31-23(27-20)28(26-15-16-6-9-18(25)10-7-16)22(29)12-13-30-19-4-2-1-3-5-19/h1-11,14-15H,12-13H2/b26-15+. The van der Waals surface area contributed by atoms with E-state index >= 15 is 0 Å². The molecule has 156 valence electrons. The van der Waals surface area contributed by atoms with Gasteiger partial charge in [-0.2, -0.15) is 10.1 Å². The largest absolute Gasteiger partial charge is 0.272 e. The summed E-state index contributed by atoms with van der Waals surface area (Å²) in [5.74, 6) is 0.154. The third-order valence-electron chi connectivity index (χ3n) is 4.28. The van der Waals surface area contributed by atoms with E-state index in [4.69, 9.17) is 0 Å². The fourth-order valence-electron chi connectivity index (χ4n) is 2.75. The molecule has 4 rings (SSSR count). The van der Waals surface area contributed by atoms with Crippen LogP contribution in [-0.2, 0) is 4.79 Å². The molecule has 1 heterocycles. The minimum atomic E-state index is -0.320. The van der Waals surface area contributed by atoms with Gasteiger partial charge in [0.05, 0.1) is 16.4 Å². The number of hydrogen-bond acceptors (Lipinski definition) is 5. The zero-order chi connectivity index (χ0) is 21.6. The number of fused-ring (bicyclic) bond motifs is 1. The molecule has 1 aromatic heterocycles. The van der Waals surface area contributed by atoms with Crippen LogP contribution >= 0.6 is 39.0 Å². The molecule has 0 N–H and O–H groups in total. The first-order valence-electron chi connectivity index (χ1n) is 9.45. The first kappa shape index (κ1) is 21.7. The lowest BCUT2D eigenvalue weighted by Gasteiger charge is -2.13. The summed E-state index contributed by atoms with van der Waals surface area (Å²) in [6.07, 6.45) is 1.85. The molecule has 3 aromatic carbocycles. The predicted octanol–water partition coefficient (Wildman–Crippen LogP) is 6.75. The SMILES string of the molecule is O=C(CCSc1ccccc1)N(/N=C/c1ccc(F)cc1)c1nc2ccc(Br)cc2s1. The predicted molar refractivity (Wildman–Crippen MR) is 131 cm³/mol. The summed E-state index contributed by atoms with van der Waals surface area (Å²) < 4.78 is 15.1. The normalized spacial score (nSPS) is 11.3. The van der Waals surface area contributed by atoms with Crippen molar-refractivity contribution in [3.05, 3.63) is 88.6 Å². The molecule has 0 aliphatic heterocycles. The van der Waals surface area contributed by atoms with E-state index in [1.165, 1.54) is 28.5 Å². The van der Waals surface area contributed by atoms with Gasteiger partial charge < -0.3 is 0 Å². The van der Waals surface area contributed by atoms with Gasteiger partial charge in [0.25, 0.3) is 0 Å². The number of halogens is 2. The van der Waals surface area contributed by atoms with Crippen molar-refractivity contribution in [1.29, 1.82) is 0 Å². The zero-order valence-corrected chi connectivity index (χ0v) is 19.5. The van der Waals surface area contributed by atoms with Crippen LogP contribution < -0.4 is 5.01 Å². The summed E-state index contributed by atoms with van der Waals surface area (Å²) in [5.41, 5.74) is 1.50. The molecule has 0 fully saturated rings. The number of aromatic nitrogens is 1. The molecule has 0 aliphatic rings. The van der Waals surface area contributed by atoms with Crippen molar-refractivity contribution in [2.45, 2.75) is 11.3 Å². The van der Waals surface area contributed by atoms with E-state index in [9.17, 15) is 9.18 Å². The van der Waals surface area contributed by atoms with Crippen LogP contribution in [0.25, 0.3) is 10.2 Å². The second kappa shape index (κ2) is 10.2. The summed E-state index contributed by atoms with van der Waals surface area (Å²) in [6.45, 7) is 0. The van der Waals surface area contributed by atoms with E-state index in [0.717, 1.165) is 19.6 Å². The monoisotopic (exact) mass is 513 g/mol. The molecule has 0 bridgehead atoms. The average molecular weight is 514 g/mol. The van der Waals surface area contributed by atoms with Gasteiger partial charge in [-0.1, -0.05) is 57.6 Å². The van der Waals surface area contributed by atoms with Gasteiger partial charge in [-0.15, -0.1) is 11.8 Å². The van der Waals surface area contributed by atoms with Gasteiger partial charge in [0.2, 0.25) is 11.0 Å². The van der Waals surface area contributed by atoms with Crippen LogP contribution in [0.2, 0.25) is 0 Å². The van der Waals surface area contributed by atoms with Crippen LogP contribution in [0.15, 0.2) is 87.3 Å². The second-order valence-electron chi connectivity index (χ2n) is 6.52. The number of hydrazone groups is 1. The minimum Gasteiger partial charge on any atom is -0.272 e. The van der Waals surface area contributed by atoms with Gasteiger partial charge >= 0.3 is 0 Å². The number of carbonyl (C=O) groups excluding carboxylic acids is 1. The smallest absolute Gasteiger partial charge is 0.250 e. The summed E-state index contributed by atoms with van der Waals surface area (Å²) in [4.78, 5) is 18.8. The summed E-state index contributed by atoms with van der Waals surface area (Å²) >= 11 is 6.49. The third-order valence-corrected chi connectivity index (χ3v) is 6.78. The highest BCUT2D eigenvalue weighted by molar-refractivity contribution is 9.10. The van der Waals surface area contributed by atoms with Crippen molar-refractivity contribution in [3.63, 3.8) is 0 Å². The molecular formula is C23H17BrFN3OS2. The highest BCUT2D eigenvalue weighted by Crippen LogP contribution is 2.31. The van der Waals surface area contributed by atoms with Gasteiger partial charge in [-0.05, 0) is 48.0 Å². The van der Waals surface area contributed by atoms with Crippen LogP contribution in [0.1, 0.15) is 12.0 Å². The van der Waals surface area contributed by atoms with Gasteiger partial charge in [0.1, 0.15) is 5.82 Å². The van der Waals surface area contributed by atoms with E-state index in [0.29, 0.717) is 22.9 Å². The van der Waals surface area contributed by atoms with Crippen molar-refractivity contribution in [1.82, 2.24) is 4.98 Å². The van der Waals surface area contributed by atoms with E-state index in [1.807, 2.05) is 48.5 Å². The van der Waals surface area contributed by atoms with Crippen molar-refractivity contribution < 1.29 is 9.18 Å². The maximum atomic E-state index is 13.2. The number of benzene rings is 3. The number of nitrogens with zero attached hydrogens (tertiary/aromatic N) is 3. The van der Waals surface area contributed by atoms with Crippen molar-refractivity contribution in [2.75, 3.05) is 10.8 Å². The molecular weight excluding hydrogens is 497 g/mol. The minimum absolute atomic E-state index is 0.153. The van der Waals surface area contributed by atoms with Gasteiger partial charge in [0, 0.05) is 21.5 Å². The Morgan fingerprint density at radius 1 is 1.13 bits per heavy atom. The molecule has 0 unspecified atom stereocenters. The molecule has 0 aliphatic carbocycles. The van der Waals surface area contributed by atoms with Crippen LogP contribution in [0.5, 0.6) is 0 Å². The first-order chi connectivity index (χ1) is 15.1. The number of thiazole rings is 1. The highest BCUT2D eigenvalue weighted by Gasteiger charge is 2.19. The van der Waals surface area contributed by atoms with E-state index in [-0.39, 0.29) is 11.7 Å². The van der Waals surface area contributed by atoms with E-state index in [2.05, 4.69) is 26.0 Å². The molecule has 0 radical (unpaired) electrons. The number of hydrogen-bond donors (Lipinski definition) is 0. The van der Waals surface area contributed by atoms with Crippen molar-refractivity contribution in [2.24, 2.45) is 5.10 Å². The Hall–Kier alpha value is -2.55. The average Bonchev–Trinajstić information content (AvgIpc) is 3.18. The quantitative estimate of drug-likeness (QED) is 0.156. The molecule has 4 nitrogen and oxygen atoms in total. The maximum absolute atomic E-state index is 13.2. The fourth-order valence-corrected chi connectivity index (χ4v) is 5.10. The Bertz CT molecular complexity index is 1210. The molecule has 0 saturated heterocycles. The summed E-state index contributed by atoms with van der Waals surface area (Å²) in [7, 11) is 0. The van der Waals surface area contributed by atoms with Gasteiger partial charge in [-0.3, -0.25) is 4.79 Å². The maximum Gasteiger partial charge on any atom is 0.250 e. The number of carbonyl (C=O) groups is 1. The van der Waals surface area contributed by atoms with Gasteiger partial charge in [0.15, 0.2) is 0 Å². The number of thioether (sulfide) groups is 1. The summed E-state index contributed by atoms with van der Waals surface area (Å²) in [6, 6.07) is 21.7. The Balaban J connectivity index is 1.56. The highest BCUT2D eigenvalue weighted by atomic mass is 79.9. The molecule has 0 atom stereocenters. The molecule has 31 heavy (non-hydrogen) atoms. The lowest BCUT2D eigenvalue weighted by Crippen LogP contribution is -2.25. The molecule has 0 saturated carbocycles. The second-order valence-corrected chi connectivity index (χ2v) is 9.61. The van der Waals surface area contributed by atoms with E-state index in [1.54, 1.807) is 30.1 Å². The van der Waals surface area contributed by atoms with Crippen molar-refractivity contribution >= 4 is 66.5 Å². The van der Waals surface area contributed by atoms with E-state index < -0.39 is 0 Å². The Kier molecular flexibility index (Phi) is 7.11. The topological polar surface area (TPSA) is 45.6 Å². The Morgan fingerprint density at radius 2 is 1.90 bits per heavy atom. The Labute approximate surface area is 195 Å². The molecule has 8 heteroatoms. The van der Waals surface area contributed by atoms with Crippen LogP contribution in [0.3, 0.4) is 0 Å². The third kappa shape index (κ3) is 5.78. The van der Waals surface area contributed by atoms with Gasteiger partial charge in [-0.25, -0.2) is 9.37 Å². The lowest BCUT2D eigenvalue weighted by atomic mass is 10.2. The van der Waals surface area contributed by atoms with Crippen LogP contribution in [0, 0.1) is 5.82 Å². The Morgan fingerprint density at radius 3 is 2.68 bits per heavy atom. The van der Waals surface area contributed by atoms with Crippen LogP contribution in [-0.4, -0.2) is 22.9 Å². The zero-order valence-electron chi connectivity index (χ0n) is 16.2. The number of rotatable bonds is 7. The van der Waals surface area contributed by atoms with Crippen molar-refractivity contribution in [3.8, 4) is 0 Å². The van der Waals surface area contributed by atoms with Crippen LogP contribution in [0.4, 0.5) is 9.52 Å². The lowest BCUT2D eigenvalue weighted by molar-refractivity contribution is -0.118. The molecule has 4 aromatic rings. The fraction of sp³-hybridized carbons (Fsp3) is 0.0870. The summed E-state index contributed by atoms with van der Waals surface area (Å²) in [5, 5.41) is 6.24. The first-order valence-corrected chi connectivity index (χ1v) is 12.0. The number of anilines is 1.